The van der Waals surface area contributed by atoms with Crippen molar-refractivity contribution in [1.29, 1.82) is 0 Å². The van der Waals surface area contributed by atoms with Crippen LogP contribution >= 0.6 is 0 Å². The van der Waals surface area contributed by atoms with Gasteiger partial charge in [-0.15, -0.1) is 0 Å². The van der Waals surface area contributed by atoms with Crippen LogP contribution in [0.25, 0.3) is 0 Å². The summed E-state index contributed by atoms with van der Waals surface area (Å²) in [6, 6.07) is 4.94. The number of anilines is 1. The predicted octanol–water partition coefficient (Wildman–Crippen LogP) is 2.13. The van der Waals surface area contributed by atoms with Crippen LogP contribution in [0, 0.1) is 0 Å². The molecule has 3 rings (SSSR count). The van der Waals surface area contributed by atoms with E-state index in [9.17, 15) is 9.59 Å². The molecule has 10 heteroatoms. The molecule has 2 heterocycles. The summed E-state index contributed by atoms with van der Waals surface area (Å²) in [5, 5.41) is 13.8. The second kappa shape index (κ2) is 9.79. The zero-order valence-corrected chi connectivity index (χ0v) is 18.0. The number of nitrogens with zero attached hydrogens (tertiary/aromatic N) is 4. The number of aromatic nitrogens is 4. The van der Waals surface area contributed by atoms with Crippen LogP contribution in [0.3, 0.4) is 0 Å². The number of carbonyl (C=O) groups is 2. The minimum atomic E-state index is -0.390. The highest BCUT2D eigenvalue weighted by Crippen LogP contribution is 2.29. The first-order valence-electron chi connectivity index (χ1n) is 9.91. The van der Waals surface area contributed by atoms with Crippen molar-refractivity contribution in [2.75, 3.05) is 18.5 Å². The van der Waals surface area contributed by atoms with Crippen molar-refractivity contribution in [3.05, 3.63) is 53.6 Å². The van der Waals surface area contributed by atoms with Gasteiger partial charge in [-0.3, -0.25) is 19.0 Å². The molecule has 2 aromatic heterocycles. The number of benzene rings is 1. The summed E-state index contributed by atoms with van der Waals surface area (Å²) >= 11 is 0. The third-order valence-corrected chi connectivity index (χ3v) is 4.42. The summed E-state index contributed by atoms with van der Waals surface area (Å²) in [5.41, 5.74) is 1.79. The van der Waals surface area contributed by atoms with Crippen molar-refractivity contribution in [2.45, 2.75) is 20.4 Å². The van der Waals surface area contributed by atoms with Gasteiger partial charge in [-0.1, -0.05) is 0 Å². The Morgan fingerprint density at radius 2 is 1.74 bits per heavy atom. The monoisotopic (exact) mass is 426 g/mol. The predicted molar refractivity (Wildman–Crippen MR) is 114 cm³/mol. The van der Waals surface area contributed by atoms with E-state index >= 15 is 0 Å². The Labute approximate surface area is 180 Å². The molecule has 0 radical (unpaired) electrons. The van der Waals surface area contributed by atoms with Crippen LogP contribution in [0.1, 0.15) is 40.3 Å². The highest BCUT2D eigenvalue weighted by molar-refractivity contribution is 6.08. The van der Waals surface area contributed by atoms with Crippen molar-refractivity contribution >= 4 is 17.5 Å². The van der Waals surface area contributed by atoms with Gasteiger partial charge in [-0.2, -0.15) is 10.2 Å². The Morgan fingerprint density at radius 3 is 2.42 bits per heavy atom. The fourth-order valence-corrected chi connectivity index (χ4v) is 3.01. The SMILES string of the molecule is CCOc1ccc(C(=O)Nc2cnn(C)c2C(=O)NCc2cnn(C)c2)cc1OCC. The number of aryl methyl sites for hydroxylation is 2. The standard InChI is InChI=1S/C21H26N6O4/c1-5-30-17-8-7-15(9-18(17)31-6-2)20(28)25-16-12-24-27(4)19(16)21(29)22-10-14-11-23-26(3)13-14/h7-9,11-13H,5-6,10H2,1-4H3,(H,22,29)(H,25,28). The number of hydrogen-bond acceptors (Lipinski definition) is 6. The molecule has 0 saturated heterocycles. The smallest absolute Gasteiger partial charge is 0.271 e. The molecule has 1 aromatic carbocycles. The van der Waals surface area contributed by atoms with Gasteiger partial charge in [-0.25, -0.2) is 0 Å². The molecule has 2 N–H and O–H groups in total. The highest BCUT2D eigenvalue weighted by atomic mass is 16.5. The van der Waals surface area contributed by atoms with Gasteiger partial charge >= 0.3 is 0 Å². The highest BCUT2D eigenvalue weighted by Gasteiger charge is 2.20. The van der Waals surface area contributed by atoms with Gasteiger partial charge in [0.05, 0.1) is 31.3 Å². The summed E-state index contributed by atoms with van der Waals surface area (Å²) in [4.78, 5) is 25.5. The lowest BCUT2D eigenvalue weighted by atomic mass is 10.2. The fourth-order valence-electron chi connectivity index (χ4n) is 3.01. The molecule has 0 bridgehead atoms. The number of hydrogen-bond donors (Lipinski definition) is 2. The number of ether oxygens (including phenoxy) is 2. The van der Waals surface area contributed by atoms with E-state index in [2.05, 4.69) is 20.8 Å². The first kappa shape index (κ1) is 21.9. The third-order valence-electron chi connectivity index (χ3n) is 4.42. The van der Waals surface area contributed by atoms with Crippen LogP contribution in [-0.2, 0) is 20.6 Å². The van der Waals surface area contributed by atoms with E-state index in [1.807, 2.05) is 20.0 Å². The fraction of sp³-hybridized carbons (Fsp3) is 0.333. The average molecular weight is 426 g/mol. The Kier molecular flexibility index (Phi) is 6.91. The Hall–Kier alpha value is -3.82. The quantitative estimate of drug-likeness (QED) is 0.542. The average Bonchev–Trinajstić information content (AvgIpc) is 3.33. The Balaban J connectivity index is 1.75. The van der Waals surface area contributed by atoms with Crippen LogP contribution in [0.4, 0.5) is 5.69 Å². The van der Waals surface area contributed by atoms with Crippen LogP contribution < -0.4 is 20.1 Å². The summed E-state index contributed by atoms with van der Waals surface area (Å²) < 4.78 is 14.2. The van der Waals surface area contributed by atoms with Crippen LogP contribution in [-0.4, -0.2) is 44.6 Å². The van der Waals surface area contributed by atoms with Gasteiger partial charge in [-0.05, 0) is 32.0 Å². The zero-order chi connectivity index (χ0) is 22.4. The van der Waals surface area contributed by atoms with Gasteiger partial charge in [0.1, 0.15) is 5.69 Å². The molecule has 2 amide bonds. The molecule has 164 valence electrons. The van der Waals surface area contributed by atoms with Crippen LogP contribution in [0.2, 0.25) is 0 Å². The molecule has 0 fully saturated rings. The molecule has 0 spiro atoms. The van der Waals surface area contributed by atoms with Gasteiger partial charge < -0.3 is 20.1 Å². The van der Waals surface area contributed by atoms with E-state index in [1.54, 1.807) is 43.2 Å². The number of carbonyl (C=O) groups excluding carboxylic acids is 2. The van der Waals surface area contributed by atoms with Gasteiger partial charge in [0, 0.05) is 38.0 Å². The lowest BCUT2D eigenvalue weighted by Gasteiger charge is -2.13. The molecule has 10 nitrogen and oxygen atoms in total. The van der Waals surface area contributed by atoms with Crippen molar-refractivity contribution in [1.82, 2.24) is 24.9 Å². The summed E-state index contributed by atoms with van der Waals surface area (Å²) in [5.74, 6) is 0.300. The zero-order valence-electron chi connectivity index (χ0n) is 18.0. The van der Waals surface area contributed by atoms with E-state index < -0.39 is 5.91 Å². The summed E-state index contributed by atoms with van der Waals surface area (Å²) in [6.07, 6.45) is 4.93. The lowest BCUT2D eigenvalue weighted by Crippen LogP contribution is -2.26. The first-order chi connectivity index (χ1) is 14.9. The van der Waals surface area contributed by atoms with E-state index in [4.69, 9.17) is 9.47 Å². The normalized spacial score (nSPS) is 10.6. The first-order valence-corrected chi connectivity index (χ1v) is 9.91. The van der Waals surface area contributed by atoms with Crippen LogP contribution in [0.15, 0.2) is 36.8 Å². The number of amides is 2. The summed E-state index contributed by atoms with van der Waals surface area (Å²) in [7, 11) is 3.44. The molecule has 3 aromatic rings. The molecule has 0 aliphatic heterocycles. The van der Waals surface area contributed by atoms with Gasteiger partial charge in [0.15, 0.2) is 11.5 Å². The second-order valence-corrected chi connectivity index (χ2v) is 6.72. The molecule has 0 saturated carbocycles. The largest absolute Gasteiger partial charge is 0.490 e. The Morgan fingerprint density at radius 1 is 1.00 bits per heavy atom. The lowest BCUT2D eigenvalue weighted by molar-refractivity contribution is 0.0942. The molecule has 0 aliphatic rings. The van der Waals surface area contributed by atoms with Crippen molar-refractivity contribution < 1.29 is 19.1 Å². The van der Waals surface area contributed by atoms with Gasteiger partial charge in [0.2, 0.25) is 0 Å². The van der Waals surface area contributed by atoms with Crippen molar-refractivity contribution in [2.24, 2.45) is 14.1 Å². The number of nitrogens with one attached hydrogen (secondary N) is 2. The summed E-state index contributed by atoms with van der Waals surface area (Å²) in [6.45, 7) is 4.96. The maximum Gasteiger partial charge on any atom is 0.271 e. The van der Waals surface area contributed by atoms with Crippen molar-refractivity contribution in [3.8, 4) is 11.5 Å². The number of rotatable bonds is 9. The molecule has 0 unspecified atom stereocenters. The van der Waals surface area contributed by atoms with E-state index in [0.29, 0.717) is 42.5 Å². The van der Waals surface area contributed by atoms with Crippen LogP contribution in [0.5, 0.6) is 11.5 Å². The molecular weight excluding hydrogens is 400 g/mol. The molecule has 0 atom stereocenters. The topological polar surface area (TPSA) is 112 Å². The van der Waals surface area contributed by atoms with Gasteiger partial charge in [0.25, 0.3) is 11.8 Å². The minimum absolute atomic E-state index is 0.244. The van der Waals surface area contributed by atoms with E-state index in [1.165, 1.54) is 10.9 Å². The van der Waals surface area contributed by atoms with E-state index in [0.717, 1.165) is 5.56 Å². The molecule has 0 aliphatic carbocycles. The van der Waals surface area contributed by atoms with Crippen molar-refractivity contribution in [3.63, 3.8) is 0 Å². The minimum Gasteiger partial charge on any atom is -0.490 e. The molecule has 31 heavy (non-hydrogen) atoms. The van der Waals surface area contributed by atoms with E-state index in [-0.39, 0.29) is 11.6 Å². The Bertz CT molecular complexity index is 1070. The maximum absolute atomic E-state index is 12.8. The molecular formula is C21H26N6O4. The third kappa shape index (κ3) is 5.21. The second-order valence-electron chi connectivity index (χ2n) is 6.72. The maximum atomic E-state index is 12.8.